The van der Waals surface area contributed by atoms with Crippen LogP contribution in [0.5, 0.6) is 5.75 Å². The maximum Gasteiger partial charge on any atom is 0.254 e. The number of ether oxygens (including phenoxy) is 1. The first-order chi connectivity index (χ1) is 12.5. The number of methoxy groups -OCH3 is 1. The molecule has 0 aliphatic carbocycles. The second kappa shape index (κ2) is 7.59. The Kier molecular flexibility index (Phi) is 5.25. The molecule has 7 heteroatoms. The predicted octanol–water partition coefficient (Wildman–Crippen LogP) is 1.75. The zero-order valence-corrected chi connectivity index (χ0v) is 15.4. The Hall–Kier alpha value is -2.83. The quantitative estimate of drug-likeness (QED) is 0.837. The zero-order chi connectivity index (χ0) is 18.7. The van der Waals surface area contributed by atoms with Crippen LogP contribution in [0.15, 0.2) is 36.7 Å². The van der Waals surface area contributed by atoms with E-state index in [9.17, 15) is 9.59 Å². The number of rotatable bonds is 4. The smallest absolute Gasteiger partial charge is 0.254 e. The van der Waals surface area contributed by atoms with Crippen molar-refractivity contribution in [3.8, 4) is 5.75 Å². The summed E-state index contributed by atoms with van der Waals surface area (Å²) >= 11 is 0. The van der Waals surface area contributed by atoms with Crippen LogP contribution >= 0.6 is 0 Å². The maximum atomic E-state index is 12.7. The number of benzene rings is 1. The molecule has 1 aromatic carbocycles. The lowest BCUT2D eigenvalue weighted by Gasteiger charge is -2.36. The van der Waals surface area contributed by atoms with Gasteiger partial charge in [-0.15, -0.1) is 0 Å². The highest BCUT2D eigenvalue weighted by atomic mass is 16.5. The van der Waals surface area contributed by atoms with Gasteiger partial charge in [0.1, 0.15) is 17.6 Å². The maximum absolute atomic E-state index is 12.7. The molecule has 1 aromatic heterocycles. The number of imidazole rings is 1. The molecule has 0 saturated carbocycles. The van der Waals surface area contributed by atoms with Gasteiger partial charge < -0.3 is 19.1 Å². The summed E-state index contributed by atoms with van der Waals surface area (Å²) in [5, 5.41) is 0. The Bertz CT molecular complexity index is 794. The number of nitrogens with zero attached hydrogens (tertiary/aromatic N) is 4. The van der Waals surface area contributed by atoms with E-state index < -0.39 is 0 Å². The summed E-state index contributed by atoms with van der Waals surface area (Å²) in [5.74, 6) is 1.50. The Morgan fingerprint density at radius 3 is 2.46 bits per heavy atom. The topological polar surface area (TPSA) is 67.7 Å². The third-order valence-corrected chi connectivity index (χ3v) is 4.83. The van der Waals surface area contributed by atoms with Crippen LogP contribution in [0, 0.1) is 6.92 Å². The Balaban J connectivity index is 1.61. The molecule has 1 fully saturated rings. The first-order valence-corrected chi connectivity index (χ1v) is 8.73. The first kappa shape index (κ1) is 18.0. The fourth-order valence-corrected chi connectivity index (χ4v) is 3.25. The summed E-state index contributed by atoms with van der Waals surface area (Å²) < 4.78 is 7.05. The minimum atomic E-state index is -0.293. The second-order valence-electron chi connectivity index (χ2n) is 6.41. The van der Waals surface area contributed by atoms with Crippen LogP contribution in [0.3, 0.4) is 0 Å². The standard InChI is InChI=1S/C19H24N4O3/c1-14(23-8-7-20-15(23)2)18(24)21-9-11-22(12-10-21)19(25)16-5-4-6-17(13-16)26-3/h4-8,13-14H,9-12H2,1-3H3/t14-/m0/s1. The van der Waals surface area contributed by atoms with Crippen molar-refractivity contribution in [2.45, 2.75) is 19.9 Å². The number of hydrogen-bond acceptors (Lipinski definition) is 4. The highest BCUT2D eigenvalue weighted by Crippen LogP contribution is 2.17. The number of hydrogen-bond donors (Lipinski definition) is 0. The van der Waals surface area contributed by atoms with Gasteiger partial charge in [-0.2, -0.15) is 0 Å². The zero-order valence-electron chi connectivity index (χ0n) is 15.4. The summed E-state index contributed by atoms with van der Waals surface area (Å²) in [6, 6.07) is 6.85. The average Bonchev–Trinajstić information content (AvgIpc) is 3.12. The van der Waals surface area contributed by atoms with Gasteiger partial charge in [-0.3, -0.25) is 9.59 Å². The van der Waals surface area contributed by atoms with Crippen molar-refractivity contribution in [1.82, 2.24) is 19.4 Å². The van der Waals surface area contributed by atoms with Gasteiger partial charge in [0.05, 0.1) is 7.11 Å². The van der Waals surface area contributed by atoms with Crippen LogP contribution in [-0.2, 0) is 4.79 Å². The van der Waals surface area contributed by atoms with Gasteiger partial charge in [-0.25, -0.2) is 4.98 Å². The summed E-state index contributed by atoms with van der Waals surface area (Å²) in [6.07, 6.45) is 3.52. The summed E-state index contributed by atoms with van der Waals surface area (Å²) in [6.45, 7) is 5.88. The Morgan fingerprint density at radius 2 is 1.85 bits per heavy atom. The molecule has 1 aliphatic heterocycles. The van der Waals surface area contributed by atoms with E-state index in [4.69, 9.17) is 4.74 Å². The van der Waals surface area contributed by atoms with Crippen molar-refractivity contribution in [3.63, 3.8) is 0 Å². The minimum Gasteiger partial charge on any atom is -0.497 e. The number of amides is 2. The number of carbonyl (C=O) groups is 2. The van der Waals surface area contributed by atoms with Gasteiger partial charge in [0.25, 0.3) is 5.91 Å². The average molecular weight is 356 g/mol. The van der Waals surface area contributed by atoms with E-state index in [0.29, 0.717) is 37.5 Å². The summed E-state index contributed by atoms with van der Waals surface area (Å²) in [4.78, 5) is 33.2. The van der Waals surface area contributed by atoms with E-state index >= 15 is 0 Å². The number of aryl methyl sites for hydroxylation is 1. The lowest BCUT2D eigenvalue weighted by atomic mass is 10.1. The van der Waals surface area contributed by atoms with E-state index in [1.54, 1.807) is 36.4 Å². The van der Waals surface area contributed by atoms with Gasteiger partial charge in [-0.05, 0) is 32.0 Å². The fraction of sp³-hybridized carbons (Fsp3) is 0.421. The van der Waals surface area contributed by atoms with E-state index in [1.807, 2.05) is 35.6 Å². The molecule has 1 aliphatic rings. The fourth-order valence-electron chi connectivity index (χ4n) is 3.25. The van der Waals surface area contributed by atoms with Crippen molar-refractivity contribution in [3.05, 3.63) is 48.0 Å². The van der Waals surface area contributed by atoms with E-state index in [0.717, 1.165) is 5.82 Å². The molecule has 0 bridgehead atoms. The van der Waals surface area contributed by atoms with E-state index in [1.165, 1.54) is 0 Å². The molecule has 0 spiro atoms. The molecule has 0 radical (unpaired) electrons. The first-order valence-electron chi connectivity index (χ1n) is 8.73. The predicted molar refractivity (Wildman–Crippen MR) is 97.2 cm³/mol. The van der Waals surface area contributed by atoms with Crippen molar-refractivity contribution < 1.29 is 14.3 Å². The molecular weight excluding hydrogens is 332 g/mol. The number of aromatic nitrogens is 2. The Morgan fingerprint density at radius 1 is 1.15 bits per heavy atom. The van der Waals surface area contributed by atoms with Gasteiger partial charge in [0, 0.05) is 44.1 Å². The molecule has 0 unspecified atom stereocenters. The van der Waals surface area contributed by atoms with Crippen LogP contribution in [0.25, 0.3) is 0 Å². The van der Waals surface area contributed by atoms with Crippen molar-refractivity contribution in [1.29, 1.82) is 0 Å². The van der Waals surface area contributed by atoms with Crippen molar-refractivity contribution in [2.24, 2.45) is 0 Å². The van der Waals surface area contributed by atoms with Crippen LogP contribution in [0.2, 0.25) is 0 Å². The highest BCUT2D eigenvalue weighted by Gasteiger charge is 2.28. The van der Waals surface area contributed by atoms with Gasteiger partial charge in [0.2, 0.25) is 5.91 Å². The lowest BCUT2D eigenvalue weighted by molar-refractivity contribution is -0.135. The van der Waals surface area contributed by atoms with Crippen LogP contribution in [0.1, 0.15) is 29.1 Å². The van der Waals surface area contributed by atoms with E-state index in [2.05, 4.69) is 4.98 Å². The number of carbonyl (C=O) groups excluding carboxylic acids is 2. The molecule has 26 heavy (non-hydrogen) atoms. The highest BCUT2D eigenvalue weighted by molar-refractivity contribution is 5.94. The largest absolute Gasteiger partial charge is 0.497 e. The van der Waals surface area contributed by atoms with Crippen LogP contribution < -0.4 is 4.74 Å². The van der Waals surface area contributed by atoms with Crippen molar-refractivity contribution in [2.75, 3.05) is 33.3 Å². The second-order valence-corrected chi connectivity index (χ2v) is 6.41. The minimum absolute atomic E-state index is 0.0329. The molecule has 2 heterocycles. The molecule has 3 rings (SSSR count). The van der Waals surface area contributed by atoms with Crippen molar-refractivity contribution >= 4 is 11.8 Å². The molecular formula is C19H24N4O3. The monoisotopic (exact) mass is 356 g/mol. The molecule has 0 N–H and O–H groups in total. The van der Waals surface area contributed by atoms with Gasteiger partial charge in [-0.1, -0.05) is 6.07 Å². The SMILES string of the molecule is COc1cccc(C(=O)N2CCN(C(=O)[C@H](C)n3ccnc3C)CC2)c1. The normalized spacial score (nSPS) is 15.7. The van der Waals surface area contributed by atoms with Gasteiger partial charge >= 0.3 is 0 Å². The van der Waals surface area contributed by atoms with Crippen LogP contribution in [0.4, 0.5) is 0 Å². The third-order valence-electron chi connectivity index (χ3n) is 4.83. The molecule has 138 valence electrons. The molecule has 2 aromatic rings. The summed E-state index contributed by atoms with van der Waals surface area (Å²) in [5.41, 5.74) is 0.603. The molecule has 1 saturated heterocycles. The molecule has 1 atom stereocenters. The van der Waals surface area contributed by atoms with E-state index in [-0.39, 0.29) is 17.9 Å². The molecule has 7 nitrogen and oxygen atoms in total. The Labute approximate surface area is 153 Å². The third kappa shape index (κ3) is 3.56. The molecule has 2 amide bonds. The van der Waals surface area contributed by atoms with Crippen LogP contribution in [-0.4, -0.2) is 64.5 Å². The lowest BCUT2D eigenvalue weighted by Crippen LogP contribution is -2.51. The number of piperazine rings is 1. The summed E-state index contributed by atoms with van der Waals surface area (Å²) in [7, 11) is 1.58. The van der Waals surface area contributed by atoms with Gasteiger partial charge in [0.15, 0.2) is 0 Å².